The highest BCUT2D eigenvalue weighted by Gasteiger charge is 2.11. The Labute approximate surface area is 78.4 Å². The lowest BCUT2D eigenvalue weighted by atomic mass is 10.3. The number of nitrogens with zero attached hydrogens (tertiary/aromatic N) is 4. The second kappa shape index (κ2) is 3.14. The predicted octanol–water partition coefficient (Wildman–Crippen LogP) is 1.57. The van der Waals surface area contributed by atoms with E-state index in [1.807, 2.05) is 31.3 Å². The largest absolute Gasteiger partial charge is 0.399 e. The first-order valence-corrected chi connectivity index (χ1v) is 4.87. The Bertz CT molecular complexity index is 386. The van der Waals surface area contributed by atoms with Crippen molar-refractivity contribution in [3.8, 4) is 0 Å². The third kappa shape index (κ3) is 1.52. The van der Waals surface area contributed by atoms with Crippen molar-refractivity contribution in [3.05, 3.63) is 24.3 Å². The Balaban J connectivity index is 2.37. The topological polar surface area (TPSA) is 66.3 Å². The van der Waals surface area contributed by atoms with Gasteiger partial charge in [-0.2, -0.15) is 0 Å². The normalized spacial score (nSPS) is 20.4. The van der Waals surface area contributed by atoms with E-state index in [9.17, 15) is 0 Å². The molecule has 0 spiro atoms. The number of anilines is 1. The molecule has 1 unspecified atom stereocenters. The maximum atomic E-state index is 5.65. The van der Waals surface area contributed by atoms with Crippen LogP contribution in [0.1, 0.15) is 0 Å². The van der Waals surface area contributed by atoms with Gasteiger partial charge >= 0.3 is 0 Å². The molecule has 1 heterocycles. The van der Waals surface area contributed by atoms with Crippen LogP contribution in [0, 0.1) is 0 Å². The van der Waals surface area contributed by atoms with Crippen molar-refractivity contribution in [3.63, 3.8) is 0 Å². The van der Waals surface area contributed by atoms with E-state index in [0.717, 1.165) is 10.6 Å². The predicted molar refractivity (Wildman–Crippen MR) is 51.5 cm³/mol. The fourth-order valence-corrected chi connectivity index (χ4v) is 2.17. The molecule has 0 aromatic heterocycles. The van der Waals surface area contributed by atoms with Crippen LogP contribution in [-0.4, -0.2) is 11.5 Å². The van der Waals surface area contributed by atoms with Crippen LogP contribution in [0.4, 0.5) is 5.69 Å². The molecule has 5 nitrogen and oxygen atoms in total. The first-order valence-electron chi connectivity index (χ1n) is 3.73. The molecular weight excluding hydrogens is 186 g/mol. The van der Waals surface area contributed by atoms with Crippen LogP contribution in [0.25, 0.3) is 0 Å². The average molecular weight is 195 g/mol. The minimum Gasteiger partial charge on any atom is -0.399 e. The van der Waals surface area contributed by atoms with Gasteiger partial charge in [0.15, 0.2) is 0 Å². The molecule has 0 aliphatic carbocycles. The van der Waals surface area contributed by atoms with Crippen molar-refractivity contribution >= 4 is 16.6 Å². The summed E-state index contributed by atoms with van der Waals surface area (Å²) in [7, 11) is 1.44. The highest BCUT2D eigenvalue weighted by molar-refractivity contribution is 7.85. The highest BCUT2D eigenvalue weighted by Crippen LogP contribution is 2.19. The van der Waals surface area contributed by atoms with Gasteiger partial charge in [-0.3, -0.25) is 0 Å². The van der Waals surface area contributed by atoms with E-state index < -0.39 is 10.9 Å². The fourth-order valence-electron chi connectivity index (χ4n) is 1.02. The molecular formula is C7H9N5S. The molecule has 13 heavy (non-hydrogen) atoms. The number of nitrogen functional groups attached to an aromatic ring is 1. The number of hydrogen-bond donors (Lipinski definition) is 1. The van der Waals surface area contributed by atoms with Gasteiger partial charge in [0.25, 0.3) is 0 Å². The minimum atomic E-state index is -0.401. The third-order valence-electron chi connectivity index (χ3n) is 1.60. The molecule has 0 bridgehead atoms. The lowest BCUT2D eigenvalue weighted by Gasteiger charge is -2.09. The van der Waals surface area contributed by atoms with Gasteiger partial charge in [-0.25, -0.2) is 4.41 Å². The molecule has 2 N–H and O–H groups in total. The van der Waals surface area contributed by atoms with E-state index in [4.69, 9.17) is 5.73 Å². The Hall–Kier alpha value is -1.43. The summed E-state index contributed by atoms with van der Waals surface area (Å²) >= 11 is 0. The van der Waals surface area contributed by atoms with Gasteiger partial charge in [-0.15, -0.1) is 0 Å². The smallest absolute Gasteiger partial charge is 0.0737 e. The fraction of sp³-hybridized carbons (Fsp3) is 0.143. The lowest BCUT2D eigenvalue weighted by Crippen LogP contribution is -2.10. The molecule has 68 valence electrons. The summed E-state index contributed by atoms with van der Waals surface area (Å²) in [6.07, 6.45) is 0. The third-order valence-corrected chi connectivity index (χ3v) is 3.08. The summed E-state index contributed by atoms with van der Waals surface area (Å²) in [5.41, 5.74) is 6.39. The summed E-state index contributed by atoms with van der Waals surface area (Å²) in [4.78, 5) is 1.03. The van der Waals surface area contributed by atoms with Gasteiger partial charge in [-0.05, 0) is 28.6 Å². The standard InChI is InChI=1S/C7H9N5S/c1-12-10-9-11-13(12)7-4-2-3-6(8)5-7/h2-5H,8H2,1H3. The van der Waals surface area contributed by atoms with Crippen molar-refractivity contribution in [1.82, 2.24) is 4.41 Å². The summed E-state index contributed by atoms with van der Waals surface area (Å²) in [6.45, 7) is 0. The summed E-state index contributed by atoms with van der Waals surface area (Å²) in [5, 5.41) is 7.39. The zero-order valence-electron chi connectivity index (χ0n) is 7.08. The molecule has 6 heteroatoms. The molecule has 1 atom stereocenters. The van der Waals surface area contributed by atoms with Gasteiger partial charge < -0.3 is 5.73 Å². The Morgan fingerprint density at radius 1 is 1.46 bits per heavy atom. The second-order valence-corrected chi connectivity index (χ2v) is 4.25. The SMILES string of the molecule is CN1N=NN=S1c1cccc(N)c1. The van der Waals surface area contributed by atoms with E-state index in [1.54, 1.807) is 4.41 Å². The van der Waals surface area contributed by atoms with Crippen LogP contribution in [0.15, 0.2) is 44.1 Å². The van der Waals surface area contributed by atoms with Gasteiger partial charge in [0.1, 0.15) is 0 Å². The first kappa shape index (κ1) is 8.18. The van der Waals surface area contributed by atoms with Crippen LogP contribution in [-0.2, 0) is 10.9 Å². The van der Waals surface area contributed by atoms with Crippen LogP contribution in [0.2, 0.25) is 0 Å². The zero-order valence-corrected chi connectivity index (χ0v) is 7.90. The molecule has 0 amide bonds. The lowest BCUT2D eigenvalue weighted by molar-refractivity contribution is 0.574. The summed E-state index contributed by atoms with van der Waals surface area (Å²) in [5.74, 6) is 0. The van der Waals surface area contributed by atoms with Crippen LogP contribution < -0.4 is 5.73 Å². The van der Waals surface area contributed by atoms with Gasteiger partial charge in [0.05, 0.1) is 10.9 Å². The van der Waals surface area contributed by atoms with Crippen molar-refractivity contribution < 1.29 is 0 Å². The molecule has 1 aliphatic heterocycles. The molecule has 1 aromatic rings. The number of benzene rings is 1. The van der Waals surface area contributed by atoms with E-state index >= 15 is 0 Å². The van der Waals surface area contributed by atoms with Gasteiger partial charge in [-0.1, -0.05) is 10.5 Å². The van der Waals surface area contributed by atoms with E-state index in [1.165, 1.54) is 0 Å². The van der Waals surface area contributed by atoms with Crippen molar-refractivity contribution in [1.29, 1.82) is 0 Å². The molecule has 1 aromatic carbocycles. The van der Waals surface area contributed by atoms with E-state index in [0.29, 0.717) is 0 Å². The second-order valence-electron chi connectivity index (χ2n) is 2.56. The summed E-state index contributed by atoms with van der Waals surface area (Å²) in [6, 6.07) is 7.60. The van der Waals surface area contributed by atoms with E-state index in [-0.39, 0.29) is 0 Å². The van der Waals surface area contributed by atoms with Gasteiger partial charge in [0, 0.05) is 17.6 Å². The zero-order chi connectivity index (χ0) is 9.26. The summed E-state index contributed by atoms with van der Waals surface area (Å²) < 4.78 is 5.70. The van der Waals surface area contributed by atoms with Gasteiger partial charge in [0.2, 0.25) is 0 Å². The van der Waals surface area contributed by atoms with Crippen molar-refractivity contribution in [2.75, 3.05) is 12.8 Å². The monoisotopic (exact) mass is 195 g/mol. The van der Waals surface area contributed by atoms with Crippen molar-refractivity contribution in [2.45, 2.75) is 4.90 Å². The van der Waals surface area contributed by atoms with Crippen molar-refractivity contribution in [2.24, 2.45) is 14.9 Å². The molecule has 2 rings (SSSR count). The quantitative estimate of drug-likeness (QED) is 0.691. The molecule has 1 aliphatic rings. The first-order chi connectivity index (χ1) is 6.27. The minimum absolute atomic E-state index is 0.401. The maximum absolute atomic E-state index is 5.65. The molecule has 0 radical (unpaired) electrons. The highest BCUT2D eigenvalue weighted by atomic mass is 32.2. The Morgan fingerprint density at radius 3 is 2.92 bits per heavy atom. The number of rotatable bonds is 1. The average Bonchev–Trinajstić information content (AvgIpc) is 2.51. The van der Waals surface area contributed by atoms with Crippen LogP contribution in [0.5, 0.6) is 0 Å². The number of nitrogens with two attached hydrogens (primary N) is 1. The number of hydrogen-bond acceptors (Lipinski definition) is 5. The van der Waals surface area contributed by atoms with Crippen LogP contribution in [0.3, 0.4) is 0 Å². The Morgan fingerprint density at radius 2 is 2.31 bits per heavy atom. The van der Waals surface area contributed by atoms with E-state index in [2.05, 4.69) is 14.9 Å². The maximum Gasteiger partial charge on any atom is 0.0737 e. The van der Waals surface area contributed by atoms with Crippen LogP contribution >= 0.6 is 0 Å². The Kier molecular flexibility index (Phi) is 1.97. The molecule has 0 saturated carbocycles. The molecule has 0 fully saturated rings. The molecule has 0 saturated heterocycles.